The van der Waals surface area contributed by atoms with Gasteiger partial charge >= 0.3 is 0 Å². The van der Waals surface area contributed by atoms with Crippen molar-refractivity contribution >= 4 is 32.6 Å². The molecule has 1 amide bonds. The van der Waals surface area contributed by atoms with Gasteiger partial charge in [0, 0.05) is 30.0 Å². The van der Waals surface area contributed by atoms with E-state index < -0.39 is 5.82 Å². The normalized spacial score (nSPS) is 18.1. The summed E-state index contributed by atoms with van der Waals surface area (Å²) in [6.07, 6.45) is 5.73. The third kappa shape index (κ3) is 4.16. The van der Waals surface area contributed by atoms with Crippen molar-refractivity contribution in [3.8, 4) is 11.4 Å². The van der Waals surface area contributed by atoms with Gasteiger partial charge in [-0.05, 0) is 61.7 Å². The van der Waals surface area contributed by atoms with Crippen LogP contribution in [0.1, 0.15) is 29.6 Å². The number of rotatable bonds is 5. The SMILES string of the molecule is O=C(N[C@@H]1CCC[C@H]1Nc1nc2ccc(F)cc2s1)c1cc(F)ccc1-c1ncccn1. The summed E-state index contributed by atoms with van der Waals surface area (Å²) in [5.41, 5.74) is 1.39. The number of aromatic nitrogens is 3. The highest BCUT2D eigenvalue weighted by atomic mass is 32.1. The Morgan fingerprint density at radius 1 is 1.00 bits per heavy atom. The molecule has 2 atom stereocenters. The standard InChI is InChI=1S/C23H19F2N5OS/c24-13-5-7-15(21-26-9-2-10-27-21)16(11-13)22(31)28-17-3-1-4-18(17)29-23-30-19-8-6-14(25)12-20(19)32-23/h2,5-12,17-18H,1,3-4H2,(H,28,31)(H,29,30)/t17-,18-/m1/s1. The second kappa shape index (κ2) is 8.58. The maximum absolute atomic E-state index is 14.0. The predicted octanol–water partition coefficient (Wildman–Crippen LogP) is 4.79. The van der Waals surface area contributed by atoms with Crippen LogP contribution in [-0.2, 0) is 0 Å². The molecule has 1 saturated carbocycles. The third-order valence-electron chi connectivity index (χ3n) is 5.52. The maximum atomic E-state index is 14.0. The van der Waals surface area contributed by atoms with Gasteiger partial charge in [0.1, 0.15) is 11.6 Å². The molecular weight excluding hydrogens is 432 g/mol. The molecule has 2 heterocycles. The van der Waals surface area contributed by atoms with E-state index in [4.69, 9.17) is 0 Å². The van der Waals surface area contributed by atoms with Crippen molar-refractivity contribution in [1.29, 1.82) is 0 Å². The summed E-state index contributed by atoms with van der Waals surface area (Å²) < 4.78 is 28.2. The molecule has 9 heteroatoms. The summed E-state index contributed by atoms with van der Waals surface area (Å²) in [5.74, 6) is -0.817. The molecule has 1 aliphatic carbocycles. The molecule has 2 aromatic carbocycles. The Bertz CT molecular complexity index is 1280. The summed E-state index contributed by atoms with van der Waals surface area (Å²) in [6, 6.07) is 10.0. The van der Waals surface area contributed by atoms with Gasteiger partial charge in [-0.2, -0.15) is 0 Å². The first-order valence-electron chi connectivity index (χ1n) is 10.3. The second-order valence-electron chi connectivity index (χ2n) is 7.66. The minimum atomic E-state index is -0.502. The lowest BCUT2D eigenvalue weighted by atomic mass is 10.0. The highest BCUT2D eigenvalue weighted by molar-refractivity contribution is 7.22. The average molecular weight is 452 g/mol. The number of thiazole rings is 1. The quantitative estimate of drug-likeness (QED) is 0.456. The van der Waals surface area contributed by atoms with E-state index in [0.717, 1.165) is 29.5 Å². The lowest BCUT2D eigenvalue weighted by molar-refractivity contribution is 0.0936. The molecule has 4 aromatic rings. The van der Waals surface area contributed by atoms with E-state index in [-0.39, 0.29) is 29.4 Å². The van der Waals surface area contributed by atoms with E-state index in [2.05, 4.69) is 25.6 Å². The van der Waals surface area contributed by atoms with Crippen LogP contribution in [0, 0.1) is 11.6 Å². The minimum absolute atomic E-state index is 0.0330. The van der Waals surface area contributed by atoms with Gasteiger partial charge in [0.2, 0.25) is 0 Å². The van der Waals surface area contributed by atoms with E-state index in [9.17, 15) is 13.6 Å². The van der Waals surface area contributed by atoms with Crippen LogP contribution < -0.4 is 10.6 Å². The summed E-state index contributed by atoms with van der Waals surface area (Å²) in [7, 11) is 0. The topological polar surface area (TPSA) is 79.8 Å². The van der Waals surface area contributed by atoms with Gasteiger partial charge in [-0.3, -0.25) is 4.79 Å². The van der Waals surface area contributed by atoms with Crippen LogP contribution in [0.5, 0.6) is 0 Å². The van der Waals surface area contributed by atoms with Gasteiger partial charge in [0.05, 0.1) is 15.8 Å². The molecule has 0 saturated heterocycles. The Hall–Kier alpha value is -3.46. The lowest BCUT2D eigenvalue weighted by Gasteiger charge is -2.22. The van der Waals surface area contributed by atoms with Crippen molar-refractivity contribution < 1.29 is 13.6 Å². The number of hydrogen-bond donors (Lipinski definition) is 2. The first kappa shape index (κ1) is 20.4. The number of halogens is 2. The van der Waals surface area contributed by atoms with Crippen LogP contribution in [0.4, 0.5) is 13.9 Å². The van der Waals surface area contributed by atoms with Crippen LogP contribution in [0.25, 0.3) is 21.6 Å². The van der Waals surface area contributed by atoms with Crippen molar-refractivity contribution in [2.75, 3.05) is 5.32 Å². The first-order valence-corrected chi connectivity index (χ1v) is 11.1. The number of fused-ring (bicyclic) bond motifs is 1. The number of benzene rings is 2. The molecule has 2 aromatic heterocycles. The molecule has 1 aliphatic rings. The number of nitrogens with one attached hydrogen (secondary N) is 2. The second-order valence-corrected chi connectivity index (χ2v) is 8.69. The van der Waals surface area contributed by atoms with Crippen molar-refractivity contribution in [2.24, 2.45) is 0 Å². The zero-order valence-electron chi connectivity index (χ0n) is 16.9. The molecule has 5 rings (SSSR count). The Balaban J connectivity index is 1.35. The van der Waals surface area contributed by atoms with E-state index in [1.807, 2.05) is 0 Å². The fraction of sp³-hybridized carbons (Fsp3) is 0.217. The highest BCUT2D eigenvalue weighted by Crippen LogP contribution is 2.30. The Labute approximate surface area is 186 Å². The molecule has 2 N–H and O–H groups in total. The number of amides is 1. The van der Waals surface area contributed by atoms with Crippen molar-refractivity contribution in [3.63, 3.8) is 0 Å². The van der Waals surface area contributed by atoms with Gasteiger partial charge in [-0.15, -0.1) is 0 Å². The fourth-order valence-corrected chi connectivity index (χ4v) is 4.96. The van der Waals surface area contributed by atoms with Crippen molar-refractivity contribution in [2.45, 2.75) is 31.3 Å². The number of carbonyl (C=O) groups excluding carboxylic acids is 1. The fourth-order valence-electron chi connectivity index (χ4n) is 4.01. The largest absolute Gasteiger partial charge is 0.357 e. The average Bonchev–Trinajstić information content (AvgIpc) is 3.40. The Kier molecular flexibility index (Phi) is 5.48. The summed E-state index contributed by atoms with van der Waals surface area (Å²) in [4.78, 5) is 26.0. The van der Waals surface area contributed by atoms with Gasteiger partial charge < -0.3 is 10.6 Å². The van der Waals surface area contributed by atoms with Gasteiger partial charge in [0.15, 0.2) is 11.0 Å². The molecule has 0 radical (unpaired) electrons. The van der Waals surface area contributed by atoms with E-state index in [1.165, 1.54) is 41.7 Å². The Morgan fingerprint density at radius 2 is 1.75 bits per heavy atom. The first-order chi connectivity index (χ1) is 15.6. The van der Waals surface area contributed by atoms with Crippen molar-refractivity contribution in [1.82, 2.24) is 20.3 Å². The van der Waals surface area contributed by atoms with Gasteiger partial charge in [0.25, 0.3) is 5.91 Å². The molecule has 0 aliphatic heterocycles. The van der Waals surface area contributed by atoms with E-state index in [0.29, 0.717) is 16.5 Å². The molecule has 0 unspecified atom stereocenters. The zero-order chi connectivity index (χ0) is 22.1. The molecule has 1 fully saturated rings. The van der Waals surface area contributed by atoms with Crippen LogP contribution in [-0.4, -0.2) is 32.9 Å². The van der Waals surface area contributed by atoms with Crippen LogP contribution >= 0.6 is 11.3 Å². The molecule has 0 spiro atoms. The van der Waals surface area contributed by atoms with Crippen molar-refractivity contribution in [3.05, 3.63) is 72.1 Å². The van der Waals surface area contributed by atoms with Crippen LogP contribution in [0.3, 0.4) is 0 Å². The highest BCUT2D eigenvalue weighted by Gasteiger charge is 2.30. The van der Waals surface area contributed by atoms with Crippen LogP contribution in [0.2, 0.25) is 0 Å². The zero-order valence-corrected chi connectivity index (χ0v) is 17.7. The van der Waals surface area contributed by atoms with Gasteiger partial charge in [-0.1, -0.05) is 11.3 Å². The number of carbonyl (C=O) groups is 1. The number of hydrogen-bond acceptors (Lipinski definition) is 6. The van der Waals surface area contributed by atoms with E-state index in [1.54, 1.807) is 24.5 Å². The molecule has 6 nitrogen and oxygen atoms in total. The summed E-state index contributed by atoms with van der Waals surface area (Å²) in [6.45, 7) is 0. The van der Waals surface area contributed by atoms with E-state index >= 15 is 0 Å². The molecule has 32 heavy (non-hydrogen) atoms. The monoisotopic (exact) mass is 451 g/mol. The summed E-state index contributed by atoms with van der Waals surface area (Å²) >= 11 is 1.38. The number of nitrogens with zero attached hydrogens (tertiary/aromatic N) is 3. The Morgan fingerprint density at radius 3 is 2.59 bits per heavy atom. The summed E-state index contributed by atoms with van der Waals surface area (Å²) in [5, 5.41) is 7.11. The van der Waals surface area contributed by atoms with Gasteiger partial charge in [-0.25, -0.2) is 23.7 Å². The molecule has 162 valence electrons. The minimum Gasteiger partial charge on any atom is -0.357 e. The van der Waals surface area contributed by atoms with Crippen LogP contribution in [0.15, 0.2) is 54.9 Å². The third-order valence-corrected chi connectivity index (χ3v) is 6.47. The maximum Gasteiger partial charge on any atom is 0.252 e. The molecule has 0 bridgehead atoms. The number of anilines is 1. The molecular formula is C23H19F2N5OS. The smallest absolute Gasteiger partial charge is 0.252 e. The predicted molar refractivity (Wildman–Crippen MR) is 120 cm³/mol. The lowest BCUT2D eigenvalue weighted by Crippen LogP contribution is -2.43.